The van der Waals surface area contributed by atoms with Crippen molar-refractivity contribution in [3.8, 4) is 0 Å². The Balaban J connectivity index is 2.41. The van der Waals surface area contributed by atoms with Crippen LogP contribution in [0.4, 0.5) is 0 Å². The van der Waals surface area contributed by atoms with Crippen LogP contribution in [-0.4, -0.2) is 23.3 Å². The van der Waals surface area contributed by atoms with E-state index in [0.29, 0.717) is 0 Å². The molecule has 0 aromatic carbocycles. The second kappa shape index (κ2) is 2.79. The number of nitrogens with one attached hydrogen (secondary N) is 1. The Hall–Kier alpha value is -0.240. The lowest BCUT2D eigenvalue weighted by Crippen LogP contribution is -2.29. The smallest absolute Gasteiger partial charge is 0.281 e. The molecule has 2 N–H and O–H groups in total. The SMILES string of the molecule is O=S(=O)(O)CN1NC=CS1. The lowest BCUT2D eigenvalue weighted by Gasteiger charge is -2.10. The van der Waals surface area contributed by atoms with Crippen LogP contribution in [0.15, 0.2) is 11.6 Å². The second-order valence-corrected chi connectivity index (χ2v) is 3.97. The number of rotatable bonds is 2. The number of hydrogen-bond donors (Lipinski definition) is 2. The van der Waals surface area contributed by atoms with E-state index in [2.05, 4.69) is 5.43 Å². The minimum atomic E-state index is -3.90. The Morgan fingerprint density at radius 2 is 2.40 bits per heavy atom. The van der Waals surface area contributed by atoms with Crippen LogP contribution in [0.2, 0.25) is 0 Å². The van der Waals surface area contributed by atoms with Crippen LogP contribution in [-0.2, 0) is 10.1 Å². The van der Waals surface area contributed by atoms with Gasteiger partial charge in [0.2, 0.25) is 0 Å². The first-order valence-corrected chi connectivity index (χ1v) is 4.83. The van der Waals surface area contributed by atoms with Crippen molar-refractivity contribution >= 4 is 22.1 Å². The van der Waals surface area contributed by atoms with Crippen molar-refractivity contribution in [2.24, 2.45) is 0 Å². The predicted octanol–water partition coefficient (Wildman–Crippen LogP) is -0.229. The van der Waals surface area contributed by atoms with Gasteiger partial charge in [0.05, 0.1) is 0 Å². The molecule has 0 spiro atoms. The zero-order valence-corrected chi connectivity index (χ0v) is 6.52. The Bertz CT molecular complexity index is 226. The summed E-state index contributed by atoms with van der Waals surface area (Å²) in [6, 6.07) is 0. The van der Waals surface area contributed by atoms with E-state index in [4.69, 9.17) is 4.55 Å². The zero-order valence-electron chi connectivity index (χ0n) is 4.89. The van der Waals surface area contributed by atoms with Crippen LogP contribution in [0, 0.1) is 0 Å². The standard InChI is InChI=1S/C3H6N2O3S2/c6-10(7,8)3-5-4-1-2-9-5/h1-2,4H,3H2,(H,6,7,8). The fraction of sp³-hybridized carbons (Fsp3) is 0.333. The lowest BCUT2D eigenvalue weighted by molar-refractivity contribution is 0.422. The van der Waals surface area contributed by atoms with Gasteiger partial charge in [-0.1, -0.05) is 0 Å². The molecular formula is C3H6N2O3S2. The summed E-state index contributed by atoms with van der Waals surface area (Å²) in [5.41, 5.74) is 2.59. The van der Waals surface area contributed by atoms with Gasteiger partial charge in [-0.15, -0.1) is 4.41 Å². The van der Waals surface area contributed by atoms with Gasteiger partial charge >= 0.3 is 0 Å². The zero-order chi connectivity index (χ0) is 7.61. The topological polar surface area (TPSA) is 69.6 Å². The normalized spacial score (nSPS) is 19.3. The summed E-state index contributed by atoms with van der Waals surface area (Å²) in [6.07, 6.45) is 1.58. The molecule has 7 heteroatoms. The third kappa shape index (κ3) is 2.56. The van der Waals surface area contributed by atoms with Crippen molar-refractivity contribution in [1.29, 1.82) is 0 Å². The summed E-state index contributed by atoms with van der Waals surface area (Å²) in [6.45, 7) is 0. The van der Waals surface area contributed by atoms with Gasteiger partial charge in [0.1, 0.15) is 0 Å². The molecular weight excluding hydrogens is 176 g/mol. The second-order valence-electron chi connectivity index (χ2n) is 1.63. The summed E-state index contributed by atoms with van der Waals surface area (Å²) in [7, 11) is -3.90. The van der Waals surface area contributed by atoms with Gasteiger partial charge in [-0.25, -0.2) is 0 Å². The molecule has 5 nitrogen and oxygen atoms in total. The molecule has 0 radical (unpaired) electrons. The molecule has 0 amide bonds. The van der Waals surface area contributed by atoms with Gasteiger partial charge in [-0.2, -0.15) is 8.42 Å². The highest BCUT2D eigenvalue weighted by Crippen LogP contribution is 2.13. The van der Waals surface area contributed by atoms with E-state index in [1.54, 1.807) is 11.6 Å². The van der Waals surface area contributed by atoms with Crippen LogP contribution >= 0.6 is 11.9 Å². The van der Waals surface area contributed by atoms with Gasteiger partial charge in [0, 0.05) is 11.6 Å². The van der Waals surface area contributed by atoms with Crippen LogP contribution in [0.25, 0.3) is 0 Å². The molecule has 1 rings (SSSR count). The Morgan fingerprint density at radius 1 is 1.70 bits per heavy atom. The third-order valence-corrected chi connectivity index (χ3v) is 2.25. The van der Waals surface area contributed by atoms with Crippen LogP contribution in [0.5, 0.6) is 0 Å². The Kier molecular flexibility index (Phi) is 2.19. The number of hydrogen-bond acceptors (Lipinski definition) is 5. The van der Waals surface area contributed by atoms with Crippen molar-refractivity contribution in [3.05, 3.63) is 11.6 Å². The van der Waals surface area contributed by atoms with Gasteiger partial charge < -0.3 is 5.43 Å². The average molecular weight is 182 g/mol. The van der Waals surface area contributed by atoms with E-state index < -0.39 is 16.0 Å². The molecule has 1 aliphatic rings. The van der Waals surface area contributed by atoms with Gasteiger partial charge in [0.15, 0.2) is 5.88 Å². The molecule has 0 saturated carbocycles. The van der Waals surface area contributed by atoms with E-state index >= 15 is 0 Å². The van der Waals surface area contributed by atoms with E-state index in [9.17, 15) is 8.42 Å². The van der Waals surface area contributed by atoms with Crippen molar-refractivity contribution in [2.45, 2.75) is 0 Å². The highest BCUT2D eigenvalue weighted by molar-refractivity contribution is 8.00. The van der Waals surface area contributed by atoms with Crippen molar-refractivity contribution < 1.29 is 13.0 Å². The molecule has 1 heterocycles. The number of nitrogens with zero attached hydrogens (tertiary/aromatic N) is 1. The Morgan fingerprint density at radius 3 is 2.80 bits per heavy atom. The highest BCUT2D eigenvalue weighted by Gasteiger charge is 2.14. The molecule has 0 aliphatic carbocycles. The molecule has 0 saturated heterocycles. The highest BCUT2D eigenvalue weighted by atomic mass is 32.2. The Labute approximate surface area is 62.9 Å². The van der Waals surface area contributed by atoms with Crippen LogP contribution in [0.3, 0.4) is 0 Å². The first-order chi connectivity index (χ1) is 4.58. The van der Waals surface area contributed by atoms with E-state index in [1.165, 1.54) is 16.4 Å². The molecule has 58 valence electrons. The van der Waals surface area contributed by atoms with Gasteiger partial charge in [-0.05, 0) is 11.9 Å². The third-order valence-electron chi connectivity index (χ3n) is 0.755. The maximum atomic E-state index is 10.2. The van der Waals surface area contributed by atoms with Crippen molar-refractivity contribution in [2.75, 3.05) is 5.88 Å². The summed E-state index contributed by atoms with van der Waals surface area (Å²) >= 11 is 1.17. The summed E-state index contributed by atoms with van der Waals surface area (Å²) < 4.78 is 30.1. The minimum absolute atomic E-state index is 0.412. The fourth-order valence-corrected chi connectivity index (χ4v) is 1.87. The first kappa shape index (κ1) is 7.86. The average Bonchev–Trinajstić information content (AvgIpc) is 2.12. The molecule has 0 aromatic heterocycles. The molecule has 0 unspecified atom stereocenters. The molecule has 1 aliphatic heterocycles. The van der Waals surface area contributed by atoms with Gasteiger partial charge in [0.25, 0.3) is 10.1 Å². The van der Waals surface area contributed by atoms with E-state index in [0.717, 1.165) is 0 Å². The molecule has 0 bridgehead atoms. The first-order valence-electron chi connectivity index (χ1n) is 2.38. The molecule has 0 fully saturated rings. The maximum absolute atomic E-state index is 10.2. The monoisotopic (exact) mass is 182 g/mol. The van der Waals surface area contributed by atoms with Crippen molar-refractivity contribution in [3.63, 3.8) is 0 Å². The number of hydrazine groups is 1. The molecule has 0 atom stereocenters. The van der Waals surface area contributed by atoms with Crippen LogP contribution < -0.4 is 5.43 Å². The quantitative estimate of drug-likeness (QED) is 0.454. The maximum Gasteiger partial charge on any atom is 0.281 e. The minimum Gasteiger partial charge on any atom is -0.315 e. The fourth-order valence-electron chi connectivity index (χ4n) is 0.464. The summed E-state index contributed by atoms with van der Waals surface area (Å²) in [5, 5.41) is 1.67. The largest absolute Gasteiger partial charge is 0.315 e. The molecule has 10 heavy (non-hydrogen) atoms. The van der Waals surface area contributed by atoms with Crippen molar-refractivity contribution in [1.82, 2.24) is 9.84 Å². The van der Waals surface area contributed by atoms with Gasteiger partial charge in [-0.3, -0.25) is 4.55 Å². The van der Waals surface area contributed by atoms with E-state index in [1.807, 2.05) is 0 Å². The van der Waals surface area contributed by atoms with E-state index in [-0.39, 0.29) is 0 Å². The summed E-state index contributed by atoms with van der Waals surface area (Å²) in [4.78, 5) is 0. The molecule has 0 aromatic rings. The predicted molar refractivity (Wildman–Crippen MR) is 38.1 cm³/mol. The lowest BCUT2D eigenvalue weighted by atomic mass is 11.1. The van der Waals surface area contributed by atoms with Crippen LogP contribution in [0.1, 0.15) is 0 Å². The summed E-state index contributed by atoms with van der Waals surface area (Å²) in [5.74, 6) is -0.412.